The van der Waals surface area contributed by atoms with Crippen molar-refractivity contribution in [3.8, 4) is 0 Å². The molecular weight excluding hydrogens is 272 g/mol. The van der Waals surface area contributed by atoms with E-state index < -0.39 is 22.9 Å². The summed E-state index contributed by atoms with van der Waals surface area (Å²) in [5.41, 5.74) is -1.98. The molecule has 21 heavy (non-hydrogen) atoms. The number of hydrogen-bond acceptors (Lipinski definition) is 5. The zero-order valence-electron chi connectivity index (χ0n) is 13.0. The molecule has 0 unspecified atom stereocenters. The van der Waals surface area contributed by atoms with Crippen LogP contribution in [0.4, 0.5) is 0 Å². The second-order valence-corrected chi connectivity index (χ2v) is 6.72. The summed E-state index contributed by atoms with van der Waals surface area (Å²) in [6.07, 6.45) is 1.63. The Bertz CT molecular complexity index is 471. The van der Waals surface area contributed by atoms with Crippen LogP contribution >= 0.6 is 0 Å². The Labute approximate surface area is 125 Å². The predicted octanol–water partition coefficient (Wildman–Crippen LogP) is 1.66. The summed E-state index contributed by atoms with van der Waals surface area (Å²) >= 11 is 0. The normalized spacial score (nSPS) is 39.5. The largest absolute Gasteiger partial charge is 0.466 e. The van der Waals surface area contributed by atoms with Gasteiger partial charge in [-0.3, -0.25) is 14.4 Å². The fraction of sp³-hybridized carbons (Fsp3) is 0.812. The molecule has 4 atom stereocenters. The van der Waals surface area contributed by atoms with E-state index in [1.165, 1.54) is 6.92 Å². The van der Waals surface area contributed by atoms with Crippen molar-refractivity contribution >= 4 is 17.5 Å². The molecule has 2 aliphatic carbocycles. The van der Waals surface area contributed by atoms with Gasteiger partial charge < -0.3 is 9.84 Å². The molecule has 0 aromatic heterocycles. The number of hydrogen-bond donors (Lipinski definition) is 1. The molecule has 2 saturated carbocycles. The number of fused-ring (bicyclic) bond motifs is 1. The van der Waals surface area contributed by atoms with Crippen LogP contribution < -0.4 is 0 Å². The summed E-state index contributed by atoms with van der Waals surface area (Å²) in [5, 5.41) is 11.0. The van der Waals surface area contributed by atoms with Gasteiger partial charge in [0.25, 0.3) is 0 Å². The van der Waals surface area contributed by atoms with E-state index in [9.17, 15) is 19.5 Å². The molecule has 118 valence electrons. The molecule has 5 heteroatoms. The molecule has 2 fully saturated rings. The second kappa shape index (κ2) is 5.52. The topological polar surface area (TPSA) is 80.7 Å². The van der Waals surface area contributed by atoms with E-state index in [1.807, 2.05) is 6.92 Å². The number of ketones is 2. The van der Waals surface area contributed by atoms with E-state index in [-0.39, 0.29) is 43.4 Å². The van der Waals surface area contributed by atoms with Gasteiger partial charge in [-0.2, -0.15) is 0 Å². The first kappa shape index (κ1) is 16.1. The Morgan fingerprint density at radius 1 is 1.43 bits per heavy atom. The first-order chi connectivity index (χ1) is 9.73. The number of rotatable bonds is 3. The van der Waals surface area contributed by atoms with Gasteiger partial charge in [0.1, 0.15) is 11.6 Å². The Morgan fingerprint density at radius 2 is 2.10 bits per heavy atom. The summed E-state index contributed by atoms with van der Waals surface area (Å²) < 4.78 is 5.09. The van der Waals surface area contributed by atoms with Gasteiger partial charge in [-0.15, -0.1) is 0 Å². The number of aliphatic hydroxyl groups is 1. The highest BCUT2D eigenvalue weighted by molar-refractivity contribution is 5.88. The monoisotopic (exact) mass is 296 g/mol. The van der Waals surface area contributed by atoms with Crippen molar-refractivity contribution < 1.29 is 24.2 Å². The van der Waals surface area contributed by atoms with Crippen LogP contribution in [0.2, 0.25) is 0 Å². The molecule has 5 nitrogen and oxygen atoms in total. The Hall–Kier alpha value is -1.23. The molecule has 0 amide bonds. The van der Waals surface area contributed by atoms with E-state index >= 15 is 0 Å². The van der Waals surface area contributed by atoms with Crippen LogP contribution in [-0.2, 0) is 19.1 Å². The number of carbonyl (C=O) groups is 3. The number of ether oxygens (including phenoxy) is 1. The smallest absolute Gasteiger partial charge is 0.310 e. The average molecular weight is 296 g/mol. The predicted molar refractivity (Wildman–Crippen MR) is 75.4 cm³/mol. The SMILES string of the molecule is CCOC(=O)[C@@H]1CC(=O)C[C@@]2(O)C[C@@H](C(C)=O)CC[C@]12C. The third-order valence-corrected chi connectivity index (χ3v) is 5.50. The quantitative estimate of drug-likeness (QED) is 0.801. The van der Waals surface area contributed by atoms with Crippen molar-refractivity contribution in [2.45, 2.75) is 58.5 Å². The molecule has 0 bridgehead atoms. The Balaban J connectivity index is 2.34. The van der Waals surface area contributed by atoms with Crippen molar-refractivity contribution in [2.24, 2.45) is 17.3 Å². The van der Waals surface area contributed by atoms with Crippen LogP contribution in [0.15, 0.2) is 0 Å². The van der Waals surface area contributed by atoms with Gasteiger partial charge in [0, 0.05) is 24.2 Å². The zero-order valence-corrected chi connectivity index (χ0v) is 13.0. The highest BCUT2D eigenvalue weighted by atomic mass is 16.5. The maximum absolute atomic E-state index is 12.2. The Kier molecular flexibility index (Phi) is 4.24. The molecule has 0 saturated heterocycles. The van der Waals surface area contributed by atoms with E-state index in [0.717, 1.165) is 0 Å². The van der Waals surface area contributed by atoms with Crippen LogP contribution in [0, 0.1) is 17.3 Å². The first-order valence-corrected chi connectivity index (χ1v) is 7.64. The average Bonchev–Trinajstić information content (AvgIpc) is 2.38. The lowest BCUT2D eigenvalue weighted by molar-refractivity contribution is -0.195. The fourth-order valence-corrected chi connectivity index (χ4v) is 4.01. The first-order valence-electron chi connectivity index (χ1n) is 7.64. The lowest BCUT2D eigenvalue weighted by Gasteiger charge is -2.55. The number of Topliss-reactive ketones (excluding diaryl/α,β-unsaturated/α-hetero) is 2. The minimum Gasteiger partial charge on any atom is -0.466 e. The van der Waals surface area contributed by atoms with Gasteiger partial charge in [0.15, 0.2) is 0 Å². The van der Waals surface area contributed by atoms with Crippen LogP contribution in [-0.4, -0.2) is 34.9 Å². The molecule has 0 aromatic carbocycles. The fourth-order valence-electron chi connectivity index (χ4n) is 4.01. The standard InChI is InChI=1S/C16H24O5/c1-4-21-14(19)13-7-12(18)9-16(20)8-11(10(2)17)5-6-15(13,16)3/h11,13,20H,4-9H2,1-3H3/t11-,13-,15+,16-/m0/s1. The van der Waals surface area contributed by atoms with E-state index in [1.54, 1.807) is 6.92 Å². The van der Waals surface area contributed by atoms with Crippen molar-refractivity contribution in [1.82, 2.24) is 0 Å². The van der Waals surface area contributed by atoms with Gasteiger partial charge in [0.05, 0.1) is 18.1 Å². The molecule has 0 spiro atoms. The summed E-state index contributed by atoms with van der Waals surface area (Å²) in [6.45, 7) is 5.36. The molecule has 0 aromatic rings. The third kappa shape index (κ3) is 2.63. The van der Waals surface area contributed by atoms with Gasteiger partial charge >= 0.3 is 5.97 Å². The lowest BCUT2D eigenvalue weighted by Crippen LogP contribution is -2.61. The van der Waals surface area contributed by atoms with Crippen LogP contribution in [0.5, 0.6) is 0 Å². The molecule has 2 aliphatic rings. The molecule has 2 rings (SSSR count). The highest BCUT2D eigenvalue weighted by Crippen LogP contribution is 2.56. The molecule has 1 N–H and O–H groups in total. The van der Waals surface area contributed by atoms with Crippen molar-refractivity contribution in [3.05, 3.63) is 0 Å². The molecular formula is C16H24O5. The van der Waals surface area contributed by atoms with Crippen molar-refractivity contribution in [3.63, 3.8) is 0 Å². The highest BCUT2D eigenvalue weighted by Gasteiger charge is 2.61. The van der Waals surface area contributed by atoms with Crippen LogP contribution in [0.1, 0.15) is 52.9 Å². The molecule has 0 heterocycles. The maximum Gasteiger partial charge on any atom is 0.310 e. The van der Waals surface area contributed by atoms with Crippen molar-refractivity contribution in [1.29, 1.82) is 0 Å². The minimum absolute atomic E-state index is 0.0309. The van der Waals surface area contributed by atoms with Gasteiger partial charge in [-0.25, -0.2) is 0 Å². The molecule has 0 aliphatic heterocycles. The van der Waals surface area contributed by atoms with E-state index in [4.69, 9.17) is 4.74 Å². The summed E-state index contributed by atoms with van der Waals surface area (Å²) in [7, 11) is 0. The number of carbonyl (C=O) groups excluding carboxylic acids is 3. The van der Waals surface area contributed by atoms with Crippen molar-refractivity contribution in [2.75, 3.05) is 6.61 Å². The zero-order chi connectivity index (χ0) is 15.8. The van der Waals surface area contributed by atoms with Gasteiger partial charge in [-0.1, -0.05) is 6.92 Å². The lowest BCUT2D eigenvalue weighted by atomic mass is 9.50. The maximum atomic E-state index is 12.2. The number of esters is 1. The summed E-state index contributed by atoms with van der Waals surface area (Å²) in [5.74, 6) is -1.34. The summed E-state index contributed by atoms with van der Waals surface area (Å²) in [4.78, 5) is 35.8. The van der Waals surface area contributed by atoms with Crippen LogP contribution in [0.25, 0.3) is 0 Å². The second-order valence-electron chi connectivity index (χ2n) is 6.72. The van der Waals surface area contributed by atoms with E-state index in [0.29, 0.717) is 12.8 Å². The summed E-state index contributed by atoms with van der Waals surface area (Å²) in [6, 6.07) is 0. The van der Waals surface area contributed by atoms with E-state index in [2.05, 4.69) is 0 Å². The Morgan fingerprint density at radius 3 is 2.67 bits per heavy atom. The van der Waals surface area contributed by atoms with Gasteiger partial charge in [0.2, 0.25) is 0 Å². The van der Waals surface area contributed by atoms with Crippen LogP contribution in [0.3, 0.4) is 0 Å². The molecule has 0 radical (unpaired) electrons. The minimum atomic E-state index is -1.28. The third-order valence-electron chi connectivity index (χ3n) is 5.50. The van der Waals surface area contributed by atoms with Gasteiger partial charge in [-0.05, 0) is 33.1 Å².